The zero-order valence-electron chi connectivity index (χ0n) is 14.2. The maximum atomic E-state index is 11.7. The molecule has 1 aliphatic heterocycles. The second-order valence-corrected chi connectivity index (χ2v) is 5.55. The van der Waals surface area contributed by atoms with Crippen molar-refractivity contribution < 1.29 is 23.8 Å². The van der Waals surface area contributed by atoms with Crippen LogP contribution in [-0.2, 0) is 30.4 Å². The molecule has 1 aliphatic rings. The first kappa shape index (κ1) is 18.7. The molecule has 1 atom stereocenters. The molecule has 0 N–H and O–H groups in total. The van der Waals surface area contributed by atoms with E-state index in [1.807, 2.05) is 36.4 Å². The lowest BCUT2D eigenvalue weighted by Gasteiger charge is -2.10. The molecular weight excluding hydrogens is 320 g/mol. The molecule has 2 rings (SSSR count). The number of hydrogen-bond acceptors (Lipinski definition) is 5. The lowest BCUT2D eigenvalue weighted by atomic mass is 10.2. The van der Waals surface area contributed by atoms with Gasteiger partial charge in [-0.1, -0.05) is 36.4 Å². The van der Waals surface area contributed by atoms with Crippen molar-refractivity contribution in [3.8, 4) is 0 Å². The van der Waals surface area contributed by atoms with Crippen LogP contribution in [0.15, 0.2) is 66.3 Å². The highest BCUT2D eigenvalue weighted by atomic mass is 16.5. The van der Waals surface area contributed by atoms with E-state index in [0.29, 0.717) is 13.2 Å². The van der Waals surface area contributed by atoms with E-state index in [0.717, 1.165) is 17.6 Å². The molecule has 0 spiro atoms. The Kier molecular flexibility index (Phi) is 7.66. The first-order valence-corrected chi connectivity index (χ1v) is 8.18. The van der Waals surface area contributed by atoms with Gasteiger partial charge in [-0.25, -0.2) is 9.59 Å². The Bertz CT molecular complexity index is 658. The smallest absolute Gasteiger partial charge is 0.331 e. The third-order valence-electron chi connectivity index (χ3n) is 3.40. The van der Waals surface area contributed by atoms with Gasteiger partial charge in [-0.2, -0.15) is 0 Å². The molecule has 1 heterocycles. The average Bonchev–Trinajstić information content (AvgIpc) is 2.65. The van der Waals surface area contributed by atoms with E-state index in [9.17, 15) is 9.59 Å². The first-order chi connectivity index (χ1) is 12.1. The molecule has 0 fully saturated rings. The molecule has 0 amide bonds. The van der Waals surface area contributed by atoms with Crippen molar-refractivity contribution in [1.29, 1.82) is 0 Å². The number of hydrogen-bond donors (Lipinski definition) is 0. The summed E-state index contributed by atoms with van der Waals surface area (Å²) in [6, 6.07) is 9.40. The molecule has 0 bridgehead atoms. The predicted molar refractivity (Wildman–Crippen MR) is 93.6 cm³/mol. The number of carbonyl (C=O) groups is 2. The van der Waals surface area contributed by atoms with E-state index in [4.69, 9.17) is 14.2 Å². The average molecular weight is 342 g/mol. The third-order valence-corrected chi connectivity index (χ3v) is 3.40. The zero-order valence-corrected chi connectivity index (χ0v) is 14.2. The topological polar surface area (TPSA) is 61.8 Å². The van der Waals surface area contributed by atoms with Gasteiger partial charge in [0.1, 0.15) is 12.7 Å². The van der Waals surface area contributed by atoms with E-state index in [1.165, 1.54) is 18.2 Å². The van der Waals surface area contributed by atoms with E-state index in [1.54, 1.807) is 13.0 Å². The van der Waals surface area contributed by atoms with Crippen molar-refractivity contribution in [2.45, 2.75) is 26.1 Å². The van der Waals surface area contributed by atoms with Crippen LogP contribution < -0.4 is 0 Å². The van der Waals surface area contributed by atoms with E-state index in [-0.39, 0.29) is 6.61 Å². The van der Waals surface area contributed by atoms with Crippen LogP contribution in [0.3, 0.4) is 0 Å². The fourth-order valence-electron chi connectivity index (χ4n) is 2.12. The van der Waals surface area contributed by atoms with E-state index in [2.05, 4.69) is 0 Å². The van der Waals surface area contributed by atoms with Crippen LogP contribution in [0.25, 0.3) is 0 Å². The number of rotatable bonds is 7. The van der Waals surface area contributed by atoms with Crippen molar-refractivity contribution >= 4 is 11.9 Å². The minimum atomic E-state index is -0.530. The third kappa shape index (κ3) is 7.63. The Morgan fingerprint density at radius 1 is 1.20 bits per heavy atom. The van der Waals surface area contributed by atoms with Crippen molar-refractivity contribution in [3.63, 3.8) is 0 Å². The molecular formula is C20H22O5. The normalized spacial score (nSPS) is 15.8. The number of benzene rings is 1. The summed E-state index contributed by atoms with van der Waals surface area (Å²) in [6.45, 7) is 3.10. The van der Waals surface area contributed by atoms with Gasteiger partial charge in [0.2, 0.25) is 0 Å². The molecule has 0 aromatic heterocycles. The molecule has 5 heteroatoms. The Balaban J connectivity index is 1.70. The molecule has 1 aromatic carbocycles. The lowest BCUT2D eigenvalue weighted by Crippen LogP contribution is -2.12. The fraction of sp³-hybridized carbons (Fsp3) is 0.300. The van der Waals surface area contributed by atoms with Gasteiger partial charge >= 0.3 is 11.9 Å². The van der Waals surface area contributed by atoms with Crippen molar-refractivity contribution in [2.75, 3.05) is 13.2 Å². The Labute approximate surface area is 147 Å². The molecule has 0 unspecified atom stereocenters. The molecule has 0 aliphatic carbocycles. The van der Waals surface area contributed by atoms with Gasteiger partial charge in [0, 0.05) is 12.2 Å². The Morgan fingerprint density at radius 2 is 2.00 bits per heavy atom. The second kappa shape index (κ2) is 10.3. The van der Waals surface area contributed by atoms with E-state index >= 15 is 0 Å². The fourth-order valence-corrected chi connectivity index (χ4v) is 2.12. The first-order valence-electron chi connectivity index (χ1n) is 8.18. The van der Waals surface area contributed by atoms with Gasteiger partial charge in [0.05, 0.1) is 13.2 Å². The Morgan fingerprint density at radius 3 is 2.72 bits per heavy atom. The summed E-state index contributed by atoms with van der Waals surface area (Å²) in [6.07, 6.45) is 8.14. The lowest BCUT2D eigenvalue weighted by molar-refractivity contribution is -0.141. The summed E-state index contributed by atoms with van der Waals surface area (Å²) in [5, 5.41) is 0. The van der Waals surface area contributed by atoms with Gasteiger partial charge in [0.15, 0.2) is 0 Å². The van der Waals surface area contributed by atoms with Crippen molar-refractivity contribution in [2.24, 2.45) is 0 Å². The maximum Gasteiger partial charge on any atom is 0.331 e. The summed E-state index contributed by atoms with van der Waals surface area (Å²) in [5.41, 5.74) is 1.87. The van der Waals surface area contributed by atoms with Crippen LogP contribution >= 0.6 is 0 Å². The highest BCUT2D eigenvalue weighted by Gasteiger charge is 2.06. The number of ether oxygens (including phenoxy) is 3. The van der Waals surface area contributed by atoms with Crippen molar-refractivity contribution in [3.05, 3.63) is 71.8 Å². The summed E-state index contributed by atoms with van der Waals surface area (Å²) < 4.78 is 15.6. The molecule has 0 saturated carbocycles. The van der Waals surface area contributed by atoms with Gasteiger partial charge in [0.25, 0.3) is 0 Å². The predicted octanol–water partition coefficient (Wildman–Crippen LogP) is 3.12. The van der Waals surface area contributed by atoms with Crippen molar-refractivity contribution in [1.82, 2.24) is 0 Å². The highest BCUT2D eigenvalue weighted by molar-refractivity contribution is 5.83. The molecule has 0 saturated heterocycles. The van der Waals surface area contributed by atoms with Crippen LogP contribution in [0.5, 0.6) is 0 Å². The molecule has 5 nitrogen and oxygen atoms in total. The quantitative estimate of drug-likeness (QED) is 0.563. The van der Waals surface area contributed by atoms with Gasteiger partial charge in [-0.15, -0.1) is 0 Å². The maximum absolute atomic E-state index is 11.7. The van der Waals surface area contributed by atoms with Gasteiger partial charge < -0.3 is 14.2 Å². The van der Waals surface area contributed by atoms with Gasteiger partial charge in [-0.3, -0.25) is 0 Å². The van der Waals surface area contributed by atoms with Crippen LogP contribution in [0.4, 0.5) is 0 Å². The summed E-state index contributed by atoms with van der Waals surface area (Å²) >= 11 is 0. The highest BCUT2D eigenvalue weighted by Crippen LogP contribution is 2.07. The van der Waals surface area contributed by atoms with Crippen LogP contribution in [0.2, 0.25) is 0 Å². The zero-order chi connectivity index (χ0) is 17.9. The van der Waals surface area contributed by atoms with Crippen LogP contribution in [0.1, 0.15) is 18.9 Å². The molecule has 0 radical (unpaired) electrons. The summed E-state index contributed by atoms with van der Waals surface area (Å²) in [5.74, 6) is -0.951. The monoisotopic (exact) mass is 342 g/mol. The number of esters is 2. The standard InChI is InChI=1S/C20H22O5/c1-16(25-20(22)12-10-18-8-5-13-23-14-18)9-11-19(21)24-15-17-6-3-2-4-7-17/h2-4,6-12,16H,5,13-15H2,1H3/b11-9+,12-10+/t16-/m1/s1. The molecule has 132 valence electrons. The van der Waals surface area contributed by atoms with E-state index < -0.39 is 18.0 Å². The number of carbonyl (C=O) groups excluding carboxylic acids is 2. The SMILES string of the molecule is C[C@H](/C=C/C(=O)OCc1ccccc1)OC(=O)/C=C/C1=CCCOC1. The molecule has 1 aromatic rings. The second-order valence-electron chi connectivity index (χ2n) is 5.55. The minimum absolute atomic E-state index is 0.206. The molecule has 25 heavy (non-hydrogen) atoms. The Hall–Kier alpha value is -2.66. The largest absolute Gasteiger partial charge is 0.458 e. The van der Waals surface area contributed by atoms with Gasteiger partial charge in [-0.05, 0) is 36.6 Å². The summed E-state index contributed by atoms with van der Waals surface area (Å²) in [7, 11) is 0. The summed E-state index contributed by atoms with van der Waals surface area (Å²) in [4.78, 5) is 23.4. The minimum Gasteiger partial charge on any atom is -0.458 e. The van der Waals surface area contributed by atoms with Crippen LogP contribution in [0, 0.1) is 0 Å². The van der Waals surface area contributed by atoms with Crippen LogP contribution in [-0.4, -0.2) is 31.3 Å².